The minimum atomic E-state index is -0.0779. The summed E-state index contributed by atoms with van der Waals surface area (Å²) in [4.78, 5) is 1.06. The summed E-state index contributed by atoms with van der Waals surface area (Å²) in [6.07, 6.45) is 0.847. The van der Waals surface area contributed by atoms with Gasteiger partial charge in [0.15, 0.2) is 0 Å². The Labute approximate surface area is 110 Å². The molecular formula is C12H16N4OS. The number of hydrogen-bond donors (Lipinski definition) is 2. The summed E-state index contributed by atoms with van der Waals surface area (Å²) >= 11 is 1.38. The molecule has 2 aromatic rings. The minimum Gasteiger partial charge on any atom is -0.497 e. The Hall–Kier alpha value is -1.50. The van der Waals surface area contributed by atoms with Crippen LogP contribution in [0.5, 0.6) is 5.75 Å². The SMILES string of the molecule is CCc1nnsc1C(NN)c1ccc(OC)cc1. The zero-order valence-corrected chi connectivity index (χ0v) is 11.2. The molecule has 0 aliphatic carbocycles. The van der Waals surface area contributed by atoms with E-state index in [1.165, 1.54) is 11.5 Å². The molecule has 0 saturated carbocycles. The van der Waals surface area contributed by atoms with E-state index in [0.29, 0.717) is 0 Å². The molecule has 3 N–H and O–H groups in total. The lowest BCUT2D eigenvalue weighted by atomic mass is 10.0. The second-order valence-corrected chi connectivity index (χ2v) is 4.60. The molecule has 0 bridgehead atoms. The van der Waals surface area contributed by atoms with Gasteiger partial charge in [0.25, 0.3) is 0 Å². The lowest BCUT2D eigenvalue weighted by molar-refractivity contribution is 0.414. The van der Waals surface area contributed by atoms with Crippen LogP contribution in [0.4, 0.5) is 0 Å². The van der Waals surface area contributed by atoms with Crippen molar-refractivity contribution in [3.63, 3.8) is 0 Å². The van der Waals surface area contributed by atoms with Crippen molar-refractivity contribution in [1.29, 1.82) is 0 Å². The Balaban J connectivity index is 2.32. The molecule has 0 aliphatic heterocycles. The highest BCUT2D eigenvalue weighted by Crippen LogP contribution is 2.27. The third-order valence-electron chi connectivity index (χ3n) is 2.80. The highest BCUT2D eigenvalue weighted by molar-refractivity contribution is 7.05. The van der Waals surface area contributed by atoms with Gasteiger partial charge < -0.3 is 4.74 Å². The normalized spacial score (nSPS) is 12.4. The molecule has 0 fully saturated rings. The van der Waals surface area contributed by atoms with Crippen molar-refractivity contribution in [2.45, 2.75) is 19.4 Å². The van der Waals surface area contributed by atoms with E-state index in [9.17, 15) is 0 Å². The molecule has 0 spiro atoms. The van der Waals surface area contributed by atoms with E-state index in [0.717, 1.165) is 28.3 Å². The van der Waals surface area contributed by atoms with Crippen LogP contribution in [0.25, 0.3) is 0 Å². The second-order valence-electron chi connectivity index (χ2n) is 3.81. The Kier molecular flexibility index (Phi) is 4.24. The van der Waals surface area contributed by atoms with Gasteiger partial charge in [-0.2, -0.15) is 0 Å². The molecule has 0 radical (unpaired) electrons. The molecular weight excluding hydrogens is 248 g/mol. The summed E-state index contributed by atoms with van der Waals surface area (Å²) in [6, 6.07) is 7.73. The van der Waals surface area contributed by atoms with E-state index in [-0.39, 0.29) is 6.04 Å². The summed E-state index contributed by atoms with van der Waals surface area (Å²) in [5.41, 5.74) is 4.88. The Morgan fingerprint density at radius 1 is 1.39 bits per heavy atom. The fraction of sp³-hybridized carbons (Fsp3) is 0.333. The third kappa shape index (κ3) is 2.50. The zero-order chi connectivity index (χ0) is 13.0. The van der Waals surface area contributed by atoms with Crippen LogP contribution in [0.15, 0.2) is 24.3 Å². The van der Waals surface area contributed by atoms with E-state index in [2.05, 4.69) is 21.9 Å². The van der Waals surface area contributed by atoms with Crippen LogP contribution in [0.1, 0.15) is 29.1 Å². The molecule has 1 heterocycles. The average Bonchev–Trinajstić information content (AvgIpc) is 2.89. The first-order valence-corrected chi connectivity index (χ1v) is 6.48. The number of nitrogens with one attached hydrogen (secondary N) is 1. The number of aryl methyl sites for hydroxylation is 1. The fourth-order valence-corrected chi connectivity index (χ4v) is 2.63. The highest BCUT2D eigenvalue weighted by atomic mass is 32.1. The quantitative estimate of drug-likeness (QED) is 0.634. The second kappa shape index (κ2) is 5.90. The van der Waals surface area contributed by atoms with Crippen molar-refractivity contribution in [1.82, 2.24) is 15.0 Å². The first-order valence-electron chi connectivity index (χ1n) is 5.71. The van der Waals surface area contributed by atoms with Crippen LogP contribution in [0.3, 0.4) is 0 Å². The molecule has 5 nitrogen and oxygen atoms in total. The number of methoxy groups -OCH3 is 1. The van der Waals surface area contributed by atoms with Crippen LogP contribution in [0, 0.1) is 0 Å². The molecule has 1 aromatic heterocycles. The van der Waals surface area contributed by atoms with Gasteiger partial charge in [-0.15, -0.1) is 5.10 Å². The maximum atomic E-state index is 5.66. The van der Waals surface area contributed by atoms with E-state index in [1.54, 1.807) is 7.11 Å². The zero-order valence-electron chi connectivity index (χ0n) is 10.4. The maximum absolute atomic E-state index is 5.66. The van der Waals surface area contributed by atoms with Gasteiger partial charge in [0, 0.05) is 0 Å². The fourth-order valence-electron chi connectivity index (χ4n) is 1.80. The minimum absolute atomic E-state index is 0.0779. The molecule has 2 rings (SSSR count). The summed E-state index contributed by atoms with van der Waals surface area (Å²) in [5, 5.41) is 4.11. The summed E-state index contributed by atoms with van der Waals surface area (Å²) in [5.74, 6) is 6.49. The number of hydrazine groups is 1. The molecule has 0 amide bonds. The van der Waals surface area contributed by atoms with Gasteiger partial charge in [-0.05, 0) is 35.6 Å². The van der Waals surface area contributed by atoms with Crippen LogP contribution in [-0.4, -0.2) is 16.7 Å². The van der Waals surface area contributed by atoms with Crippen molar-refractivity contribution in [3.8, 4) is 5.75 Å². The number of rotatable bonds is 5. The van der Waals surface area contributed by atoms with Crippen molar-refractivity contribution in [2.75, 3.05) is 7.11 Å². The Morgan fingerprint density at radius 2 is 2.11 bits per heavy atom. The molecule has 1 unspecified atom stereocenters. The van der Waals surface area contributed by atoms with Gasteiger partial charge >= 0.3 is 0 Å². The lowest BCUT2D eigenvalue weighted by Gasteiger charge is -2.15. The van der Waals surface area contributed by atoms with Crippen LogP contribution in [-0.2, 0) is 6.42 Å². The standard InChI is InChI=1S/C12H16N4OS/c1-3-10-12(18-16-15-10)11(14-13)8-4-6-9(17-2)7-5-8/h4-7,11,14H,3,13H2,1-2H3. The van der Waals surface area contributed by atoms with Gasteiger partial charge in [0.1, 0.15) is 5.75 Å². The number of nitrogens with zero attached hydrogens (tertiary/aromatic N) is 2. The highest BCUT2D eigenvalue weighted by Gasteiger charge is 2.19. The summed E-state index contributed by atoms with van der Waals surface area (Å²) in [7, 11) is 1.65. The lowest BCUT2D eigenvalue weighted by Crippen LogP contribution is -2.28. The molecule has 1 atom stereocenters. The summed E-state index contributed by atoms with van der Waals surface area (Å²) in [6.45, 7) is 2.06. The molecule has 0 aliphatic rings. The van der Waals surface area contributed by atoms with E-state index >= 15 is 0 Å². The first-order chi connectivity index (χ1) is 8.80. The molecule has 1 aromatic carbocycles. The Bertz CT molecular complexity index is 497. The maximum Gasteiger partial charge on any atom is 0.118 e. The summed E-state index contributed by atoms with van der Waals surface area (Å²) < 4.78 is 9.14. The molecule has 96 valence electrons. The number of hydrogen-bond acceptors (Lipinski definition) is 6. The molecule has 0 saturated heterocycles. The van der Waals surface area contributed by atoms with Crippen molar-refractivity contribution >= 4 is 11.5 Å². The topological polar surface area (TPSA) is 73.1 Å². The van der Waals surface area contributed by atoms with Crippen LogP contribution in [0.2, 0.25) is 0 Å². The number of nitrogens with two attached hydrogens (primary N) is 1. The van der Waals surface area contributed by atoms with E-state index < -0.39 is 0 Å². The number of ether oxygens (including phenoxy) is 1. The van der Waals surface area contributed by atoms with Crippen LogP contribution >= 0.6 is 11.5 Å². The number of benzene rings is 1. The van der Waals surface area contributed by atoms with Gasteiger partial charge in [0.05, 0.1) is 23.7 Å². The predicted octanol–water partition coefficient (Wildman–Crippen LogP) is 1.66. The van der Waals surface area contributed by atoms with Gasteiger partial charge in [-0.1, -0.05) is 23.5 Å². The first kappa shape index (κ1) is 12.9. The average molecular weight is 264 g/mol. The van der Waals surface area contributed by atoms with Crippen molar-refractivity contribution in [2.24, 2.45) is 5.84 Å². The predicted molar refractivity (Wildman–Crippen MR) is 71.4 cm³/mol. The molecule has 6 heteroatoms. The van der Waals surface area contributed by atoms with Crippen molar-refractivity contribution in [3.05, 3.63) is 40.4 Å². The number of aromatic nitrogens is 2. The molecule has 18 heavy (non-hydrogen) atoms. The van der Waals surface area contributed by atoms with E-state index in [4.69, 9.17) is 10.6 Å². The van der Waals surface area contributed by atoms with Crippen LogP contribution < -0.4 is 16.0 Å². The van der Waals surface area contributed by atoms with Crippen molar-refractivity contribution < 1.29 is 4.74 Å². The van der Waals surface area contributed by atoms with E-state index in [1.807, 2.05) is 24.3 Å². The monoisotopic (exact) mass is 264 g/mol. The third-order valence-corrected chi connectivity index (χ3v) is 3.63. The van der Waals surface area contributed by atoms with Gasteiger partial charge in [0.2, 0.25) is 0 Å². The van der Waals surface area contributed by atoms with Gasteiger partial charge in [-0.3, -0.25) is 5.84 Å². The van der Waals surface area contributed by atoms with Gasteiger partial charge in [-0.25, -0.2) is 5.43 Å². The Morgan fingerprint density at radius 3 is 2.67 bits per heavy atom. The smallest absolute Gasteiger partial charge is 0.118 e. The largest absolute Gasteiger partial charge is 0.497 e.